The summed E-state index contributed by atoms with van der Waals surface area (Å²) in [7, 11) is 0. The highest BCUT2D eigenvalue weighted by Crippen LogP contribution is 2.10. The fourth-order valence-corrected chi connectivity index (χ4v) is 2.15. The van der Waals surface area contributed by atoms with Crippen molar-refractivity contribution < 1.29 is 14.3 Å². The van der Waals surface area contributed by atoms with Gasteiger partial charge >= 0.3 is 5.97 Å². The Morgan fingerprint density at radius 3 is 2.36 bits per heavy atom. The van der Waals surface area contributed by atoms with Gasteiger partial charge in [0.05, 0.1) is 13.0 Å². The number of hydrogen-bond donors (Lipinski definition) is 0. The fourth-order valence-electron chi connectivity index (χ4n) is 2.15. The number of ether oxygens (including phenoxy) is 1. The van der Waals surface area contributed by atoms with Gasteiger partial charge < -0.3 is 9.64 Å². The molecule has 0 aliphatic carbocycles. The van der Waals surface area contributed by atoms with Crippen LogP contribution in [0.3, 0.4) is 0 Å². The minimum atomic E-state index is -0.250. The zero-order valence-corrected chi connectivity index (χ0v) is 13.9. The number of nitrogens with zero attached hydrogens (tertiary/aromatic N) is 1. The van der Waals surface area contributed by atoms with E-state index in [9.17, 15) is 9.59 Å². The second-order valence-corrected chi connectivity index (χ2v) is 5.46. The zero-order valence-electron chi connectivity index (χ0n) is 13.9. The van der Waals surface area contributed by atoms with E-state index in [4.69, 9.17) is 4.74 Å². The van der Waals surface area contributed by atoms with Crippen molar-refractivity contribution in [2.24, 2.45) is 0 Å². The molecule has 0 heterocycles. The van der Waals surface area contributed by atoms with Gasteiger partial charge in [-0.1, -0.05) is 43.2 Å². The summed E-state index contributed by atoms with van der Waals surface area (Å²) in [6, 6.07) is 8.13. The molecular formula is C18H27NO3. The van der Waals surface area contributed by atoms with E-state index in [1.54, 1.807) is 11.8 Å². The molecule has 0 spiro atoms. The van der Waals surface area contributed by atoms with Gasteiger partial charge in [-0.3, -0.25) is 9.59 Å². The Balaban J connectivity index is 2.66. The van der Waals surface area contributed by atoms with Crippen molar-refractivity contribution in [1.29, 1.82) is 0 Å². The highest BCUT2D eigenvalue weighted by Gasteiger charge is 2.15. The van der Waals surface area contributed by atoms with Crippen LogP contribution in [0, 0.1) is 6.92 Å². The van der Waals surface area contributed by atoms with E-state index in [0.29, 0.717) is 26.1 Å². The number of rotatable bonds is 9. The molecule has 1 aromatic rings. The molecule has 0 fully saturated rings. The van der Waals surface area contributed by atoms with Crippen molar-refractivity contribution in [3.63, 3.8) is 0 Å². The molecule has 122 valence electrons. The predicted octanol–water partition coefficient (Wildman–Crippen LogP) is 3.47. The minimum Gasteiger partial charge on any atom is -0.466 e. The molecule has 0 unspecified atom stereocenters. The average Bonchev–Trinajstić information content (AvgIpc) is 2.51. The van der Waals surface area contributed by atoms with Crippen LogP contribution in [0.5, 0.6) is 0 Å². The number of carbonyl (C=O) groups excluding carboxylic acids is 2. The first-order valence-corrected chi connectivity index (χ1v) is 8.05. The molecule has 4 heteroatoms. The van der Waals surface area contributed by atoms with Crippen molar-refractivity contribution in [2.75, 3.05) is 13.2 Å². The van der Waals surface area contributed by atoms with E-state index < -0.39 is 0 Å². The second kappa shape index (κ2) is 9.98. The van der Waals surface area contributed by atoms with Crippen LogP contribution in [-0.4, -0.2) is 29.9 Å². The van der Waals surface area contributed by atoms with Gasteiger partial charge in [0.15, 0.2) is 0 Å². The maximum absolute atomic E-state index is 12.3. The molecule has 1 amide bonds. The smallest absolute Gasteiger partial charge is 0.307 e. The maximum Gasteiger partial charge on any atom is 0.307 e. The van der Waals surface area contributed by atoms with E-state index in [1.807, 2.05) is 31.2 Å². The monoisotopic (exact) mass is 305 g/mol. The summed E-state index contributed by atoms with van der Waals surface area (Å²) in [5.41, 5.74) is 2.28. The number of carbonyl (C=O) groups is 2. The molecule has 0 aromatic heterocycles. The summed E-state index contributed by atoms with van der Waals surface area (Å²) >= 11 is 0. The molecule has 0 aliphatic heterocycles. The molecular weight excluding hydrogens is 278 g/mol. The molecule has 0 atom stereocenters. The zero-order chi connectivity index (χ0) is 16.4. The summed E-state index contributed by atoms with van der Waals surface area (Å²) in [6.45, 7) is 7.22. The van der Waals surface area contributed by atoms with Crippen LogP contribution in [-0.2, 0) is 20.9 Å². The largest absolute Gasteiger partial charge is 0.466 e. The third kappa shape index (κ3) is 6.74. The van der Waals surface area contributed by atoms with Gasteiger partial charge in [-0.25, -0.2) is 0 Å². The lowest BCUT2D eigenvalue weighted by molar-refractivity contribution is -0.144. The fraction of sp³-hybridized carbons (Fsp3) is 0.556. The molecule has 1 aromatic carbocycles. The Hall–Kier alpha value is -1.84. The van der Waals surface area contributed by atoms with Crippen molar-refractivity contribution >= 4 is 11.9 Å². The van der Waals surface area contributed by atoms with Gasteiger partial charge in [-0.15, -0.1) is 0 Å². The third-order valence-corrected chi connectivity index (χ3v) is 3.48. The van der Waals surface area contributed by atoms with Crippen LogP contribution < -0.4 is 0 Å². The van der Waals surface area contributed by atoms with Crippen molar-refractivity contribution in [3.8, 4) is 0 Å². The number of aryl methyl sites for hydroxylation is 1. The Kier molecular flexibility index (Phi) is 8.26. The first-order chi connectivity index (χ1) is 10.6. The summed E-state index contributed by atoms with van der Waals surface area (Å²) in [4.78, 5) is 25.6. The lowest BCUT2D eigenvalue weighted by Crippen LogP contribution is -2.32. The molecule has 0 radical (unpaired) electrons. The van der Waals surface area contributed by atoms with Crippen LogP contribution in [0.15, 0.2) is 24.3 Å². The standard InChI is InChI=1S/C18H27NO3/c1-4-6-7-17(20)19(13-12-18(21)22-5-2)14-16-10-8-15(3)9-11-16/h8-11H,4-7,12-14H2,1-3H3. The first kappa shape index (κ1) is 18.2. The SMILES string of the molecule is CCCCC(=O)N(CCC(=O)OCC)Cc1ccc(C)cc1. The highest BCUT2D eigenvalue weighted by molar-refractivity contribution is 5.77. The van der Waals surface area contributed by atoms with E-state index in [2.05, 4.69) is 6.92 Å². The Morgan fingerprint density at radius 2 is 1.77 bits per heavy atom. The van der Waals surface area contributed by atoms with Crippen LogP contribution in [0.25, 0.3) is 0 Å². The highest BCUT2D eigenvalue weighted by atomic mass is 16.5. The van der Waals surface area contributed by atoms with Crippen molar-refractivity contribution in [2.45, 2.75) is 53.0 Å². The van der Waals surface area contributed by atoms with E-state index >= 15 is 0 Å². The number of amides is 1. The summed E-state index contributed by atoms with van der Waals surface area (Å²) in [6.07, 6.45) is 2.65. The van der Waals surface area contributed by atoms with Gasteiger partial charge in [-0.2, -0.15) is 0 Å². The molecule has 0 aliphatic rings. The molecule has 4 nitrogen and oxygen atoms in total. The van der Waals surface area contributed by atoms with Gasteiger partial charge in [0, 0.05) is 19.5 Å². The first-order valence-electron chi connectivity index (χ1n) is 8.05. The van der Waals surface area contributed by atoms with Crippen LogP contribution in [0.4, 0.5) is 0 Å². The van der Waals surface area contributed by atoms with Gasteiger partial charge in [-0.05, 0) is 25.8 Å². The third-order valence-electron chi connectivity index (χ3n) is 3.48. The van der Waals surface area contributed by atoms with E-state index in [1.165, 1.54) is 5.56 Å². The molecule has 0 bridgehead atoms. The Morgan fingerprint density at radius 1 is 1.09 bits per heavy atom. The normalized spacial score (nSPS) is 10.3. The maximum atomic E-state index is 12.3. The summed E-state index contributed by atoms with van der Waals surface area (Å²) in [5.74, 6) is -0.147. The van der Waals surface area contributed by atoms with Crippen LogP contribution >= 0.6 is 0 Å². The van der Waals surface area contributed by atoms with Gasteiger partial charge in [0.25, 0.3) is 0 Å². The van der Waals surface area contributed by atoms with Gasteiger partial charge in [0.2, 0.25) is 5.91 Å². The second-order valence-electron chi connectivity index (χ2n) is 5.46. The lowest BCUT2D eigenvalue weighted by atomic mass is 10.1. The molecule has 22 heavy (non-hydrogen) atoms. The van der Waals surface area contributed by atoms with Crippen molar-refractivity contribution in [3.05, 3.63) is 35.4 Å². The predicted molar refractivity (Wildman–Crippen MR) is 87.4 cm³/mol. The van der Waals surface area contributed by atoms with Crippen LogP contribution in [0.1, 0.15) is 50.7 Å². The topological polar surface area (TPSA) is 46.6 Å². The average molecular weight is 305 g/mol. The number of unbranched alkanes of at least 4 members (excludes halogenated alkanes) is 1. The van der Waals surface area contributed by atoms with Crippen LogP contribution in [0.2, 0.25) is 0 Å². The molecule has 1 rings (SSSR count). The number of benzene rings is 1. The van der Waals surface area contributed by atoms with E-state index in [-0.39, 0.29) is 18.3 Å². The summed E-state index contributed by atoms with van der Waals surface area (Å²) in [5, 5.41) is 0. The quantitative estimate of drug-likeness (QED) is 0.656. The molecule has 0 saturated heterocycles. The molecule has 0 saturated carbocycles. The minimum absolute atomic E-state index is 0.103. The Labute approximate surface area is 133 Å². The van der Waals surface area contributed by atoms with Crippen molar-refractivity contribution in [1.82, 2.24) is 4.90 Å². The number of hydrogen-bond acceptors (Lipinski definition) is 3. The Bertz CT molecular complexity index is 468. The van der Waals surface area contributed by atoms with Gasteiger partial charge in [0.1, 0.15) is 0 Å². The lowest BCUT2D eigenvalue weighted by Gasteiger charge is -2.22. The summed E-state index contributed by atoms with van der Waals surface area (Å²) < 4.78 is 4.94. The van der Waals surface area contributed by atoms with E-state index in [0.717, 1.165) is 18.4 Å². The molecule has 0 N–H and O–H groups in total. The number of esters is 1.